The van der Waals surface area contributed by atoms with Crippen LogP contribution in [-0.2, 0) is 19.1 Å². The van der Waals surface area contributed by atoms with Crippen molar-refractivity contribution in [2.24, 2.45) is 5.92 Å². The topological polar surface area (TPSA) is 181 Å². The van der Waals surface area contributed by atoms with Gasteiger partial charge in [-0.3, -0.25) is 9.59 Å². The van der Waals surface area contributed by atoms with Crippen molar-refractivity contribution in [1.82, 2.24) is 0 Å². The number of aliphatic hydroxyl groups excluding tert-OH is 4. The maximum Gasteiger partial charge on any atom is 0.308 e. The number of esters is 1. The van der Waals surface area contributed by atoms with E-state index in [9.17, 15) is 35.1 Å². The van der Waals surface area contributed by atoms with Gasteiger partial charge >= 0.3 is 5.97 Å². The van der Waals surface area contributed by atoms with E-state index in [1.54, 1.807) is 30.3 Å². The van der Waals surface area contributed by atoms with Crippen LogP contribution in [0, 0.1) is 5.92 Å². The van der Waals surface area contributed by atoms with Crippen molar-refractivity contribution < 1.29 is 58.8 Å². The van der Waals surface area contributed by atoms with Gasteiger partial charge in [0.2, 0.25) is 0 Å². The molecule has 0 radical (unpaired) electrons. The molecular weight excluding hydrogens is 528 g/mol. The minimum atomic E-state index is -1.64. The molecule has 4 rings (SSSR count). The van der Waals surface area contributed by atoms with Gasteiger partial charge in [0.05, 0.1) is 27.4 Å². The summed E-state index contributed by atoms with van der Waals surface area (Å²) in [5.74, 6) is -1.35. The highest BCUT2D eigenvalue weighted by molar-refractivity contribution is 5.86. The summed E-state index contributed by atoms with van der Waals surface area (Å²) >= 11 is 0. The molecule has 2 aromatic rings. The zero-order valence-electron chi connectivity index (χ0n) is 22.1. The molecule has 1 fully saturated rings. The van der Waals surface area contributed by atoms with Crippen molar-refractivity contribution in [3.8, 4) is 23.0 Å². The van der Waals surface area contributed by atoms with Crippen LogP contribution in [0.15, 0.2) is 35.9 Å². The number of carbonyl (C=O) groups is 2. The van der Waals surface area contributed by atoms with Gasteiger partial charge in [0, 0.05) is 18.8 Å². The van der Waals surface area contributed by atoms with Crippen LogP contribution in [0.5, 0.6) is 23.0 Å². The Morgan fingerprint density at radius 1 is 1.00 bits per heavy atom. The van der Waals surface area contributed by atoms with Gasteiger partial charge in [0.1, 0.15) is 30.7 Å². The van der Waals surface area contributed by atoms with Gasteiger partial charge in [-0.05, 0) is 52.6 Å². The average molecular weight is 561 g/mol. The second-order valence-electron chi connectivity index (χ2n) is 9.53. The summed E-state index contributed by atoms with van der Waals surface area (Å²) in [5.41, 5.74) is 2.16. The lowest BCUT2D eigenvalue weighted by molar-refractivity contribution is -0.302. The van der Waals surface area contributed by atoms with Gasteiger partial charge < -0.3 is 49.2 Å². The number of ether oxygens (including phenoxy) is 5. The van der Waals surface area contributed by atoms with Crippen molar-refractivity contribution in [3.05, 3.63) is 52.6 Å². The molecule has 0 saturated carbocycles. The molecule has 0 spiro atoms. The van der Waals surface area contributed by atoms with Crippen LogP contribution < -0.4 is 14.2 Å². The van der Waals surface area contributed by atoms with Crippen molar-refractivity contribution in [1.29, 1.82) is 0 Å². The van der Waals surface area contributed by atoms with E-state index in [0.717, 1.165) is 0 Å². The highest BCUT2D eigenvalue weighted by Crippen LogP contribution is 2.47. The number of methoxy groups -OCH3 is 2. The van der Waals surface area contributed by atoms with E-state index in [1.165, 1.54) is 27.2 Å². The predicted octanol–water partition coefficient (Wildman–Crippen LogP) is 0.495. The number of phenols is 1. The third kappa shape index (κ3) is 5.68. The number of carbonyl (C=O) groups excluding carboxylic acids is 2. The lowest BCUT2D eigenvalue weighted by Gasteiger charge is -2.41. The molecule has 1 saturated heterocycles. The van der Waals surface area contributed by atoms with E-state index in [4.69, 9.17) is 23.7 Å². The van der Waals surface area contributed by atoms with Crippen molar-refractivity contribution in [3.63, 3.8) is 0 Å². The quantitative estimate of drug-likeness (QED) is 0.163. The number of aliphatic hydroxyl groups is 4. The summed E-state index contributed by atoms with van der Waals surface area (Å²) in [4.78, 5) is 23.9. The van der Waals surface area contributed by atoms with Gasteiger partial charge in [-0.25, -0.2) is 0 Å². The Balaban J connectivity index is 1.77. The number of fused-ring (bicyclic) bond motifs is 1. The fourth-order valence-electron chi connectivity index (χ4n) is 5.10. The Morgan fingerprint density at radius 3 is 2.35 bits per heavy atom. The lowest BCUT2D eigenvalue weighted by atomic mass is 9.72. The second kappa shape index (κ2) is 12.3. The van der Waals surface area contributed by atoms with Gasteiger partial charge in [-0.2, -0.15) is 0 Å². The maximum absolute atomic E-state index is 12.3. The van der Waals surface area contributed by atoms with E-state index in [2.05, 4.69) is 0 Å². The molecular formula is C28H32O12. The number of rotatable bonds is 9. The first kappa shape index (κ1) is 29.5. The molecule has 40 heavy (non-hydrogen) atoms. The standard InChI is InChI=1S/C28H32O12/c1-13(31)39-20-5-4-14(7-22(20)37-3)24-17-9-19(32)21(36-2)8-15(17)6-16(10-29)18(24)12-38-28-27(35)26(34)25(33)23(11-30)40-28/h4-10,18,23-28,30,32-35H,11-12H2,1-3H3/t18-,23+,24-,25?,26-,27?,28+/m0/s1. The average Bonchev–Trinajstić information content (AvgIpc) is 2.94. The fraction of sp³-hybridized carbons (Fsp3) is 0.429. The van der Waals surface area contributed by atoms with E-state index in [1.807, 2.05) is 0 Å². The molecule has 216 valence electrons. The van der Waals surface area contributed by atoms with Crippen LogP contribution in [0.1, 0.15) is 29.5 Å². The van der Waals surface area contributed by atoms with Crippen molar-refractivity contribution in [2.45, 2.75) is 43.5 Å². The molecule has 0 aromatic heterocycles. The first-order valence-corrected chi connectivity index (χ1v) is 12.5. The Morgan fingerprint density at radius 2 is 1.73 bits per heavy atom. The molecule has 1 heterocycles. The first-order valence-electron chi connectivity index (χ1n) is 12.5. The third-order valence-electron chi connectivity index (χ3n) is 7.10. The van der Waals surface area contributed by atoms with E-state index < -0.39 is 55.1 Å². The predicted molar refractivity (Wildman–Crippen MR) is 138 cm³/mol. The smallest absolute Gasteiger partial charge is 0.308 e. The van der Waals surface area contributed by atoms with Crippen LogP contribution in [0.3, 0.4) is 0 Å². The zero-order chi connectivity index (χ0) is 29.1. The lowest BCUT2D eigenvalue weighted by Crippen LogP contribution is -2.59. The normalized spacial score (nSPS) is 27.8. The highest BCUT2D eigenvalue weighted by atomic mass is 16.7. The summed E-state index contributed by atoms with van der Waals surface area (Å²) in [6.07, 6.45) is -5.12. The Labute approximate surface area is 229 Å². The zero-order valence-corrected chi connectivity index (χ0v) is 22.1. The number of hydrogen-bond acceptors (Lipinski definition) is 12. The van der Waals surface area contributed by atoms with Crippen LogP contribution in [0.4, 0.5) is 0 Å². The Kier molecular flexibility index (Phi) is 9.08. The molecule has 7 atom stereocenters. The summed E-state index contributed by atoms with van der Waals surface area (Å²) in [6, 6.07) is 7.99. The molecule has 1 aliphatic heterocycles. The van der Waals surface area contributed by atoms with Crippen molar-refractivity contribution in [2.75, 3.05) is 27.4 Å². The molecule has 2 aliphatic rings. The molecule has 5 N–H and O–H groups in total. The number of benzene rings is 2. The Bertz CT molecular complexity index is 1270. The summed E-state index contributed by atoms with van der Waals surface area (Å²) in [6.45, 7) is 0.423. The molecule has 12 nitrogen and oxygen atoms in total. The molecule has 0 bridgehead atoms. The minimum absolute atomic E-state index is 0.133. The minimum Gasteiger partial charge on any atom is -0.504 e. The van der Waals surface area contributed by atoms with Crippen LogP contribution in [0.25, 0.3) is 6.08 Å². The van der Waals surface area contributed by atoms with Gasteiger partial charge in [0.25, 0.3) is 0 Å². The molecule has 0 amide bonds. The first-order chi connectivity index (χ1) is 19.1. The SMILES string of the molecule is COc1cc2c(cc1O)[C@H](c1ccc(OC(C)=O)c(OC)c1)[C@@H](CO[C@@H]1O[C@H](CO)C(O)[C@H](O)C1O)C(C=O)=C2. The van der Waals surface area contributed by atoms with E-state index in [0.29, 0.717) is 28.5 Å². The molecule has 2 unspecified atom stereocenters. The molecule has 1 aliphatic carbocycles. The van der Waals surface area contributed by atoms with E-state index >= 15 is 0 Å². The van der Waals surface area contributed by atoms with Crippen LogP contribution in [-0.4, -0.2) is 95.9 Å². The fourth-order valence-corrected chi connectivity index (χ4v) is 5.10. The van der Waals surface area contributed by atoms with Crippen molar-refractivity contribution >= 4 is 18.3 Å². The number of aromatic hydroxyl groups is 1. The second-order valence-corrected chi connectivity index (χ2v) is 9.53. The van der Waals surface area contributed by atoms with E-state index in [-0.39, 0.29) is 29.6 Å². The highest BCUT2D eigenvalue weighted by Gasteiger charge is 2.45. The maximum atomic E-state index is 12.3. The van der Waals surface area contributed by atoms with Gasteiger partial charge in [0.15, 0.2) is 29.3 Å². The van der Waals surface area contributed by atoms with Gasteiger partial charge in [-0.1, -0.05) is 6.07 Å². The number of phenolic OH excluding ortho intramolecular Hbond substituents is 1. The number of aldehydes is 1. The van der Waals surface area contributed by atoms with Crippen LogP contribution >= 0.6 is 0 Å². The van der Waals surface area contributed by atoms with Crippen LogP contribution in [0.2, 0.25) is 0 Å². The third-order valence-corrected chi connectivity index (χ3v) is 7.10. The largest absolute Gasteiger partial charge is 0.504 e. The van der Waals surface area contributed by atoms with Gasteiger partial charge in [-0.15, -0.1) is 0 Å². The monoisotopic (exact) mass is 560 g/mol. The summed E-state index contributed by atoms with van der Waals surface area (Å²) in [5, 5.41) is 50.8. The number of hydrogen-bond donors (Lipinski definition) is 5. The summed E-state index contributed by atoms with van der Waals surface area (Å²) < 4.78 is 27.2. The summed E-state index contributed by atoms with van der Waals surface area (Å²) in [7, 11) is 2.82. The Hall–Kier alpha value is -3.52. The molecule has 12 heteroatoms. The molecule has 2 aromatic carbocycles.